The molecular formula is C22H30FIN6O. The standard InChI is InChI=1S/C22H29FN6O.HI/c1-3-24-22(26-13-10-17-6-8-18(9-7-17)27-16(2)30)28-19-11-14-29(15-19)21-20(23)5-4-12-25-21;/h4-9,12,19H,3,10-11,13-15H2,1-2H3,(H,27,30)(H2,24,26,28);1H. The molecule has 31 heavy (non-hydrogen) atoms. The highest BCUT2D eigenvalue weighted by Gasteiger charge is 2.25. The molecule has 1 unspecified atom stereocenters. The third kappa shape index (κ3) is 7.64. The van der Waals surface area contributed by atoms with Gasteiger partial charge in [0.25, 0.3) is 0 Å². The van der Waals surface area contributed by atoms with Gasteiger partial charge in [-0.2, -0.15) is 0 Å². The first-order valence-corrected chi connectivity index (χ1v) is 10.3. The van der Waals surface area contributed by atoms with Crippen LogP contribution in [0.2, 0.25) is 0 Å². The molecule has 0 aliphatic carbocycles. The minimum atomic E-state index is -0.289. The lowest BCUT2D eigenvalue weighted by atomic mass is 10.1. The first kappa shape index (κ1) is 24.8. The Bertz CT molecular complexity index is 877. The van der Waals surface area contributed by atoms with E-state index in [4.69, 9.17) is 0 Å². The molecule has 1 aromatic heterocycles. The molecule has 3 N–H and O–H groups in total. The van der Waals surface area contributed by atoms with Crippen LogP contribution >= 0.6 is 24.0 Å². The highest BCUT2D eigenvalue weighted by Crippen LogP contribution is 2.20. The fraction of sp³-hybridized carbons (Fsp3) is 0.409. The number of rotatable bonds is 7. The van der Waals surface area contributed by atoms with Crippen molar-refractivity contribution in [2.24, 2.45) is 4.99 Å². The van der Waals surface area contributed by atoms with Crippen LogP contribution in [-0.2, 0) is 11.2 Å². The van der Waals surface area contributed by atoms with E-state index in [1.807, 2.05) is 36.1 Å². The molecule has 0 bridgehead atoms. The maximum atomic E-state index is 14.0. The number of carbonyl (C=O) groups excluding carboxylic acids is 1. The van der Waals surface area contributed by atoms with Gasteiger partial charge in [0.1, 0.15) is 0 Å². The van der Waals surface area contributed by atoms with Crippen LogP contribution in [0.3, 0.4) is 0 Å². The first-order chi connectivity index (χ1) is 14.5. The van der Waals surface area contributed by atoms with Crippen molar-refractivity contribution in [2.75, 3.05) is 36.4 Å². The maximum absolute atomic E-state index is 14.0. The molecule has 1 fully saturated rings. The Kier molecular flexibility index (Phi) is 9.96. The molecule has 2 aromatic rings. The predicted octanol–water partition coefficient (Wildman–Crippen LogP) is 3.17. The number of aromatic nitrogens is 1. The molecule has 1 aliphatic rings. The number of amides is 1. The number of nitrogens with zero attached hydrogens (tertiary/aromatic N) is 3. The third-order valence-electron chi connectivity index (χ3n) is 4.86. The van der Waals surface area contributed by atoms with Crippen molar-refractivity contribution >= 4 is 47.3 Å². The lowest BCUT2D eigenvalue weighted by Gasteiger charge is -2.20. The number of halogens is 2. The molecule has 1 aromatic carbocycles. The average Bonchev–Trinajstić information content (AvgIpc) is 3.17. The summed E-state index contributed by atoms with van der Waals surface area (Å²) in [5.41, 5.74) is 1.95. The summed E-state index contributed by atoms with van der Waals surface area (Å²) >= 11 is 0. The van der Waals surface area contributed by atoms with Crippen molar-refractivity contribution in [3.8, 4) is 0 Å². The SMILES string of the molecule is CCNC(=NCCc1ccc(NC(C)=O)cc1)NC1CCN(c2ncccc2F)C1.I. The minimum absolute atomic E-state index is 0. The third-order valence-corrected chi connectivity index (χ3v) is 4.86. The number of aliphatic imine (C=N–C) groups is 1. The number of guanidine groups is 1. The zero-order valence-corrected chi connectivity index (χ0v) is 20.2. The molecular weight excluding hydrogens is 510 g/mol. The van der Waals surface area contributed by atoms with E-state index in [9.17, 15) is 9.18 Å². The minimum Gasteiger partial charge on any atom is -0.357 e. The molecule has 1 atom stereocenters. The Labute approximate surface area is 199 Å². The van der Waals surface area contributed by atoms with Crippen molar-refractivity contribution in [1.29, 1.82) is 0 Å². The smallest absolute Gasteiger partial charge is 0.221 e. The summed E-state index contributed by atoms with van der Waals surface area (Å²) in [6.45, 7) is 6.37. The van der Waals surface area contributed by atoms with E-state index in [-0.39, 0.29) is 41.7 Å². The van der Waals surface area contributed by atoms with E-state index in [0.29, 0.717) is 18.9 Å². The van der Waals surface area contributed by atoms with Crippen LogP contribution in [0.15, 0.2) is 47.6 Å². The number of carbonyl (C=O) groups is 1. The molecule has 2 heterocycles. The van der Waals surface area contributed by atoms with Gasteiger partial charge in [-0.1, -0.05) is 12.1 Å². The summed E-state index contributed by atoms with van der Waals surface area (Å²) in [6, 6.07) is 11.0. The van der Waals surface area contributed by atoms with Gasteiger partial charge in [-0.25, -0.2) is 9.37 Å². The van der Waals surface area contributed by atoms with Crippen LogP contribution in [-0.4, -0.2) is 49.1 Å². The van der Waals surface area contributed by atoms with Gasteiger partial charge in [0, 0.05) is 51.0 Å². The van der Waals surface area contributed by atoms with E-state index in [0.717, 1.165) is 43.1 Å². The van der Waals surface area contributed by atoms with Crippen molar-refractivity contribution in [2.45, 2.75) is 32.7 Å². The second kappa shape index (κ2) is 12.4. The highest BCUT2D eigenvalue weighted by atomic mass is 127. The number of nitrogens with one attached hydrogen (secondary N) is 3. The highest BCUT2D eigenvalue weighted by molar-refractivity contribution is 14.0. The van der Waals surface area contributed by atoms with Gasteiger partial charge < -0.3 is 20.9 Å². The summed E-state index contributed by atoms with van der Waals surface area (Å²) in [5, 5.41) is 9.49. The zero-order chi connectivity index (χ0) is 21.3. The normalized spacial score (nSPS) is 15.9. The van der Waals surface area contributed by atoms with Crippen molar-refractivity contribution in [3.63, 3.8) is 0 Å². The van der Waals surface area contributed by atoms with Gasteiger partial charge in [-0.05, 0) is 49.6 Å². The van der Waals surface area contributed by atoms with E-state index in [1.54, 1.807) is 12.3 Å². The average molecular weight is 540 g/mol. The maximum Gasteiger partial charge on any atom is 0.221 e. The quantitative estimate of drug-likeness (QED) is 0.286. The molecule has 9 heteroatoms. The van der Waals surface area contributed by atoms with Gasteiger partial charge in [-0.15, -0.1) is 24.0 Å². The first-order valence-electron chi connectivity index (χ1n) is 10.3. The number of hydrogen-bond donors (Lipinski definition) is 3. The lowest BCUT2D eigenvalue weighted by molar-refractivity contribution is -0.114. The Hall–Kier alpha value is -2.43. The van der Waals surface area contributed by atoms with E-state index < -0.39 is 0 Å². The van der Waals surface area contributed by atoms with Crippen LogP contribution in [0.4, 0.5) is 15.9 Å². The van der Waals surface area contributed by atoms with Crippen molar-refractivity contribution in [3.05, 3.63) is 54.0 Å². The Balaban J connectivity index is 0.00000341. The lowest BCUT2D eigenvalue weighted by Crippen LogP contribution is -2.44. The molecule has 3 rings (SSSR count). The van der Waals surface area contributed by atoms with Gasteiger partial charge in [0.2, 0.25) is 5.91 Å². The van der Waals surface area contributed by atoms with Crippen LogP contribution < -0.4 is 20.9 Å². The molecule has 1 aliphatic heterocycles. The van der Waals surface area contributed by atoms with Crippen molar-refractivity contribution < 1.29 is 9.18 Å². The molecule has 0 spiro atoms. The summed E-state index contributed by atoms with van der Waals surface area (Å²) in [4.78, 5) is 21.9. The van der Waals surface area contributed by atoms with Crippen molar-refractivity contribution in [1.82, 2.24) is 15.6 Å². The van der Waals surface area contributed by atoms with E-state index >= 15 is 0 Å². The number of anilines is 2. The van der Waals surface area contributed by atoms with Crippen LogP contribution in [0, 0.1) is 5.82 Å². The second-order valence-electron chi connectivity index (χ2n) is 7.27. The Morgan fingerprint density at radius 3 is 2.74 bits per heavy atom. The zero-order valence-electron chi connectivity index (χ0n) is 17.9. The monoisotopic (exact) mass is 540 g/mol. The summed E-state index contributed by atoms with van der Waals surface area (Å²) in [5.74, 6) is 0.806. The predicted molar refractivity (Wildman–Crippen MR) is 134 cm³/mol. The fourth-order valence-electron chi connectivity index (χ4n) is 3.45. The molecule has 0 saturated carbocycles. The topological polar surface area (TPSA) is 81.6 Å². The molecule has 168 valence electrons. The van der Waals surface area contributed by atoms with Crippen LogP contribution in [0.25, 0.3) is 0 Å². The molecule has 1 amide bonds. The summed E-state index contributed by atoms with van der Waals surface area (Å²) in [6.07, 6.45) is 3.31. The number of benzene rings is 1. The number of pyridine rings is 1. The largest absolute Gasteiger partial charge is 0.357 e. The second-order valence-corrected chi connectivity index (χ2v) is 7.27. The Morgan fingerprint density at radius 1 is 1.29 bits per heavy atom. The summed E-state index contributed by atoms with van der Waals surface area (Å²) in [7, 11) is 0. The van der Waals surface area contributed by atoms with Gasteiger partial charge in [0.05, 0.1) is 0 Å². The van der Waals surface area contributed by atoms with Crippen LogP contribution in [0.5, 0.6) is 0 Å². The molecule has 7 nitrogen and oxygen atoms in total. The van der Waals surface area contributed by atoms with Crippen LogP contribution in [0.1, 0.15) is 25.8 Å². The van der Waals surface area contributed by atoms with Gasteiger partial charge in [-0.3, -0.25) is 9.79 Å². The van der Waals surface area contributed by atoms with E-state index in [2.05, 4.69) is 25.9 Å². The summed E-state index contributed by atoms with van der Waals surface area (Å²) < 4.78 is 14.0. The van der Waals surface area contributed by atoms with Gasteiger partial charge >= 0.3 is 0 Å². The van der Waals surface area contributed by atoms with E-state index in [1.165, 1.54) is 13.0 Å². The molecule has 0 radical (unpaired) electrons. The Morgan fingerprint density at radius 2 is 2.06 bits per heavy atom. The molecule has 1 saturated heterocycles. The number of hydrogen-bond acceptors (Lipinski definition) is 4. The van der Waals surface area contributed by atoms with Gasteiger partial charge in [0.15, 0.2) is 17.6 Å². The fourth-order valence-corrected chi connectivity index (χ4v) is 3.45.